The van der Waals surface area contributed by atoms with Crippen LogP contribution in [0.4, 0.5) is 13.2 Å². The van der Waals surface area contributed by atoms with Gasteiger partial charge in [0.05, 0.1) is 28.1 Å². The molecule has 0 aliphatic heterocycles. The highest BCUT2D eigenvalue weighted by Gasteiger charge is 2.35. The van der Waals surface area contributed by atoms with Gasteiger partial charge in [-0.25, -0.2) is 13.1 Å². The SMILES string of the molecule is C[C@@H](C(=O)NS(=O)(=O)c1ccc(C#N)c(C(F)(F)F)c1)N(C)C. The molecule has 23 heavy (non-hydrogen) atoms. The number of nitriles is 1. The third kappa shape index (κ3) is 4.43. The zero-order valence-electron chi connectivity index (χ0n) is 12.5. The Morgan fingerprint density at radius 3 is 2.35 bits per heavy atom. The van der Waals surface area contributed by atoms with E-state index >= 15 is 0 Å². The van der Waals surface area contributed by atoms with Crippen molar-refractivity contribution in [3.63, 3.8) is 0 Å². The van der Waals surface area contributed by atoms with Crippen LogP contribution in [0.3, 0.4) is 0 Å². The van der Waals surface area contributed by atoms with E-state index in [1.54, 1.807) is 18.8 Å². The molecule has 0 radical (unpaired) electrons. The molecule has 0 saturated heterocycles. The molecule has 0 saturated carbocycles. The normalized spacial score (nSPS) is 13.5. The first-order valence-corrected chi connectivity index (χ1v) is 7.73. The van der Waals surface area contributed by atoms with E-state index in [0.717, 1.165) is 12.1 Å². The number of hydrogen-bond acceptors (Lipinski definition) is 5. The van der Waals surface area contributed by atoms with Gasteiger partial charge in [0.1, 0.15) is 0 Å². The zero-order valence-corrected chi connectivity index (χ0v) is 13.3. The number of rotatable bonds is 4. The summed E-state index contributed by atoms with van der Waals surface area (Å²) in [4.78, 5) is 12.5. The molecule has 0 spiro atoms. The number of amides is 1. The van der Waals surface area contributed by atoms with E-state index in [9.17, 15) is 26.4 Å². The first kappa shape index (κ1) is 18.9. The fourth-order valence-corrected chi connectivity index (χ4v) is 2.61. The second-order valence-electron chi connectivity index (χ2n) is 4.93. The van der Waals surface area contributed by atoms with E-state index in [0.29, 0.717) is 6.07 Å². The summed E-state index contributed by atoms with van der Waals surface area (Å²) >= 11 is 0. The van der Waals surface area contributed by atoms with E-state index in [-0.39, 0.29) is 0 Å². The first-order chi connectivity index (χ1) is 10.4. The van der Waals surface area contributed by atoms with E-state index in [4.69, 9.17) is 5.26 Å². The summed E-state index contributed by atoms with van der Waals surface area (Å²) in [6, 6.07) is 2.46. The topological polar surface area (TPSA) is 90.3 Å². The summed E-state index contributed by atoms with van der Waals surface area (Å²) in [5, 5.41) is 8.68. The van der Waals surface area contributed by atoms with Crippen LogP contribution in [-0.4, -0.2) is 39.4 Å². The highest BCUT2D eigenvalue weighted by molar-refractivity contribution is 7.90. The van der Waals surface area contributed by atoms with Gasteiger partial charge < -0.3 is 0 Å². The second kappa shape index (κ2) is 6.55. The number of likely N-dealkylation sites (N-methyl/N-ethyl adjacent to an activating group) is 1. The first-order valence-electron chi connectivity index (χ1n) is 6.24. The van der Waals surface area contributed by atoms with Crippen LogP contribution in [0.5, 0.6) is 0 Å². The molecule has 1 rings (SSSR count). The lowest BCUT2D eigenvalue weighted by Crippen LogP contribution is -2.43. The average Bonchev–Trinajstić information content (AvgIpc) is 2.44. The van der Waals surface area contributed by atoms with Crippen LogP contribution in [0.2, 0.25) is 0 Å². The molecular weight excluding hydrogens is 335 g/mol. The lowest BCUT2D eigenvalue weighted by molar-refractivity contribution is -0.137. The van der Waals surface area contributed by atoms with Gasteiger partial charge in [-0.1, -0.05) is 0 Å². The van der Waals surface area contributed by atoms with Gasteiger partial charge >= 0.3 is 6.18 Å². The van der Waals surface area contributed by atoms with Gasteiger partial charge in [-0.2, -0.15) is 18.4 Å². The van der Waals surface area contributed by atoms with Crippen LogP contribution in [-0.2, 0) is 21.0 Å². The van der Waals surface area contributed by atoms with Crippen molar-refractivity contribution in [1.82, 2.24) is 9.62 Å². The summed E-state index contributed by atoms with van der Waals surface area (Å²) in [5.41, 5.74) is -2.08. The molecule has 0 aliphatic carbocycles. The largest absolute Gasteiger partial charge is 0.417 e. The van der Waals surface area contributed by atoms with Gasteiger partial charge in [0.2, 0.25) is 0 Å². The lowest BCUT2D eigenvalue weighted by atomic mass is 10.1. The molecule has 1 amide bonds. The van der Waals surface area contributed by atoms with Gasteiger partial charge in [0.15, 0.2) is 0 Å². The van der Waals surface area contributed by atoms with Crippen LogP contribution in [0.25, 0.3) is 0 Å². The number of hydrogen-bond donors (Lipinski definition) is 1. The van der Waals surface area contributed by atoms with Crippen molar-refractivity contribution in [1.29, 1.82) is 5.26 Å². The Labute approximate surface area is 131 Å². The minimum atomic E-state index is -4.89. The third-order valence-electron chi connectivity index (χ3n) is 3.12. The molecule has 126 valence electrons. The van der Waals surface area contributed by atoms with Gasteiger partial charge in [-0.15, -0.1) is 0 Å². The van der Waals surface area contributed by atoms with Crippen molar-refractivity contribution in [2.45, 2.75) is 24.0 Å². The Balaban J connectivity index is 3.26. The summed E-state index contributed by atoms with van der Waals surface area (Å²) in [6.07, 6.45) is -4.89. The van der Waals surface area contributed by atoms with Crippen LogP contribution >= 0.6 is 0 Å². The second-order valence-corrected chi connectivity index (χ2v) is 6.61. The zero-order chi connectivity index (χ0) is 18.0. The molecule has 0 aliphatic rings. The van der Waals surface area contributed by atoms with Gasteiger partial charge in [0, 0.05) is 0 Å². The molecule has 0 heterocycles. The predicted molar refractivity (Wildman–Crippen MR) is 74.6 cm³/mol. The number of carbonyl (C=O) groups excluding carboxylic acids is 1. The number of benzene rings is 1. The molecule has 1 aromatic rings. The highest BCUT2D eigenvalue weighted by atomic mass is 32.2. The minimum Gasteiger partial charge on any atom is -0.298 e. The van der Waals surface area contributed by atoms with Gasteiger partial charge in [0.25, 0.3) is 15.9 Å². The number of alkyl halides is 3. The Hall–Kier alpha value is -2.12. The standard InChI is InChI=1S/C13H14F3N3O3S/c1-8(19(2)3)12(20)18-23(21,22)10-5-4-9(7-17)11(6-10)13(14,15)16/h4-6,8H,1-3H3,(H,18,20)/t8-/m0/s1. The van der Waals surface area contributed by atoms with Gasteiger partial charge in [-0.05, 0) is 39.2 Å². The number of nitrogens with one attached hydrogen (secondary N) is 1. The molecule has 0 fully saturated rings. The number of carbonyl (C=O) groups is 1. The lowest BCUT2D eigenvalue weighted by Gasteiger charge is -2.19. The molecule has 0 unspecified atom stereocenters. The Kier molecular flexibility index (Phi) is 5.39. The highest BCUT2D eigenvalue weighted by Crippen LogP contribution is 2.33. The van der Waals surface area contributed by atoms with Gasteiger partial charge in [-0.3, -0.25) is 9.69 Å². The fraction of sp³-hybridized carbons (Fsp3) is 0.385. The minimum absolute atomic E-state index is 0.328. The van der Waals surface area contributed by atoms with E-state index in [1.165, 1.54) is 17.9 Å². The maximum Gasteiger partial charge on any atom is 0.417 e. The average molecular weight is 349 g/mol. The Morgan fingerprint density at radius 1 is 1.35 bits per heavy atom. The van der Waals surface area contributed by atoms with E-state index < -0.39 is 44.2 Å². The number of halogens is 3. The van der Waals surface area contributed by atoms with Crippen LogP contribution in [0.1, 0.15) is 18.1 Å². The molecule has 1 N–H and O–H groups in total. The van der Waals surface area contributed by atoms with Crippen molar-refractivity contribution in [3.05, 3.63) is 29.3 Å². The molecule has 0 bridgehead atoms. The third-order valence-corrected chi connectivity index (χ3v) is 4.46. The number of sulfonamides is 1. The van der Waals surface area contributed by atoms with Crippen molar-refractivity contribution >= 4 is 15.9 Å². The smallest absolute Gasteiger partial charge is 0.298 e. The monoisotopic (exact) mass is 349 g/mol. The molecule has 1 atom stereocenters. The molecular formula is C13H14F3N3O3S. The molecule has 0 aromatic heterocycles. The van der Waals surface area contributed by atoms with Crippen molar-refractivity contribution < 1.29 is 26.4 Å². The summed E-state index contributed by atoms with van der Waals surface area (Å²) in [5.74, 6) is -0.882. The maximum absolute atomic E-state index is 12.9. The Bertz CT molecular complexity index is 752. The van der Waals surface area contributed by atoms with E-state index in [2.05, 4.69) is 0 Å². The summed E-state index contributed by atoms with van der Waals surface area (Å²) in [7, 11) is -1.40. The predicted octanol–water partition coefficient (Wildman–Crippen LogP) is 1.33. The Morgan fingerprint density at radius 2 is 1.91 bits per heavy atom. The van der Waals surface area contributed by atoms with Crippen molar-refractivity contribution in [3.8, 4) is 6.07 Å². The molecule has 1 aromatic carbocycles. The van der Waals surface area contributed by atoms with Crippen LogP contribution in [0.15, 0.2) is 23.1 Å². The van der Waals surface area contributed by atoms with Crippen LogP contribution < -0.4 is 4.72 Å². The summed E-state index contributed by atoms with van der Waals surface area (Å²) < 4.78 is 64.4. The van der Waals surface area contributed by atoms with Crippen molar-refractivity contribution in [2.75, 3.05) is 14.1 Å². The van der Waals surface area contributed by atoms with Crippen LogP contribution in [0, 0.1) is 11.3 Å². The van der Waals surface area contributed by atoms with Crippen molar-refractivity contribution in [2.24, 2.45) is 0 Å². The number of nitrogens with zero attached hydrogens (tertiary/aromatic N) is 2. The quantitative estimate of drug-likeness (QED) is 0.886. The fourth-order valence-electron chi connectivity index (χ4n) is 1.53. The maximum atomic E-state index is 12.9. The van der Waals surface area contributed by atoms with E-state index in [1.807, 2.05) is 0 Å². The molecule has 10 heteroatoms. The summed E-state index contributed by atoms with van der Waals surface area (Å²) in [6.45, 7) is 1.44. The molecule has 6 nitrogen and oxygen atoms in total.